The number of fused-ring (bicyclic) bond motifs is 5. The predicted molar refractivity (Wildman–Crippen MR) is 222 cm³/mol. The molecule has 16 heteroatoms. The Morgan fingerprint density at radius 3 is 2.05 bits per heavy atom. The maximum absolute atomic E-state index is 14.6. The van der Waals surface area contributed by atoms with Crippen molar-refractivity contribution in [1.82, 2.24) is 5.32 Å². The first-order chi connectivity index (χ1) is 28.5. The van der Waals surface area contributed by atoms with Gasteiger partial charge in [0.2, 0.25) is 0 Å². The number of alkyl carbamates (subject to hydrolysis) is 1. The zero-order valence-corrected chi connectivity index (χ0v) is 38.3. The van der Waals surface area contributed by atoms with E-state index in [0.717, 1.165) is 6.92 Å². The Morgan fingerprint density at radius 2 is 1.55 bits per heavy atom. The summed E-state index contributed by atoms with van der Waals surface area (Å²) in [6, 6.07) is 6.88. The van der Waals surface area contributed by atoms with Crippen LogP contribution in [0.15, 0.2) is 41.5 Å². The van der Waals surface area contributed by atoms with Crippen molar-refractivity contribution >= 4 is 30.0 Å². The van der Waals surface area contributed by atoms with Crippen LogP contribution in [-0.2, 0) is 42.8 Å². The Morgan fingerprint density at radius 1 is 0.935 bits per heavy atom. The summed E-state index contributed by atoms with van der Waals surface area (Å²) in [4.78, 5) is 68.2. The van der Waals surface area contributed by atoms with Gasteiger partial charge in [-0.2, -0.15) is 0 Å². The smallest absolute Gasteiger partial charge is 0.407 e. The molecule has 1 amide bonds. The molecule has 1 heterocycles. The molecule has 1 aromatic rings. The molecule has 12 atom stereocenters. The number of carbonyl (C=O) groups excluding carboxylic acids is 5. The number of aliphatic hydroxyl groups excluding tert-OH is 3. The van der Waals surface area contributed by atoms with Crippen LogP contribution in [0.4, 0.5) is 4.79 Å². The van der Waals surface area contributed by atoms with Crippen molar-refractivity contribution in [2.24, 2.45) is 28.1 Å². The van der Waals surface area contributed by atoms with E-state index < -0.39 is 118 Å². The summed E-state index contributed by atoms with van der Waals surface area (Å²) in [5.41, 5.74) is -9.01. The largest absolute Gasteiger partial charge is 0.458 e. The summed E-state index contributed by atoms with van der Waals surface area (Å²) in [5, 5.41) is 52.5. The topological polar surface area (TPSA) is 234 Å². The first-order valence-corrected chi connectivity index (χ1v) is 21.4. The summed E-state index contributed by atoms with van der Waals surface area (Å²) in [6.45, 7) is 20.4. The highest BCUT2D eigenvalue weighted by Gasteiger charge is 2.80. The number of amides is 1. The zero-order valence-electron chi connectivity index (χ0n) is 38.3. The average Bonchev–Trinajstić information content (AvgIpc) is 3.12. The van der Waals surface area contributed by atoms with Gasteiger partial charge in [-0.05, 0) is 77.2 Å². The highest BCUT2D eigenvalue weighted by Crippen LogP contribution is 2.70. The minimum absolute atomic E-state index is 0.114. The Hall–Kier alpha value is -4.09. The summed E-state index contributed by atoms with van der Waals surface area (Å²) in [5.74, 6) is -5.04. The Labute approximate surface area is 364 Å². The number of ether oxygens (including phenoxy) is 6. The molecule has 1 aliphatic heterocycles. The molecule has 0 spiro atoms. The first-order valence-electron chi connectivity index (χ1n) is 21.4. The van der Waals surface area contributed by atoms with Crippen LogP contribution in [0.5, 0.6) is 0 Å². The molecule has 3 fully saturated rings. The maximum Gasteiger partial charge on any atom is 0.407 e. The van der Waals surface area contributed by atoms with Gasteiger partial charge in [-0.3, -0.25) is 9.59 Å². The molecular weight excluding hydrogens is 806 g/mol. The van der Waals surface area contributed by atoms with E-state index in [2.05, 4.69) is 5.32 Å². The summed E-state index contributed by atoms with van der Waals surface area (Å²) in [6.07, 6.45) is -11.9. The van der Waals surface area contributed by atoms with Gasteiger partial charge in [-0.1, -0.05) is 52.8 Å². The van der Waals surface area contributed by atoms with E-state index in [-0.39, 0.29) is 42.9 Å². The highest BCUT2D eigenvalue weighted by molar-refractivity contribution is 5.89. The molecule has 2 bridgehead atoms. The molecule has 0 unspecified atom stereocenters. The number of nitrogens with one attached hydrogen (secondary N) is 1. The van der Waals surface area contributed by atoms with Gasteiger partial charge in [0.15, 0.2) is 17.8 Å². The molecule has 1 aromatic carbocycles. The number of hydrogen-bond donors (Lipinski definition) is 5. The van der Waals surface area contributed by atoms with E-state index in [0.29, 0.717) is 5.57 Å². The molecular formula is C46H67NO15. The van der Waals surface area contributed by atoms with Gasteiger partial charge in [0.05, 0.1) is 35.8 Å². The lowest BCUT2D eigenvalue weighted by Gasteiger charge is -2.71. The van der Waals surface area contributed by atoms with Crippen LogP contribution in [0, 0.1) is 28.1 Å². The van der Waals surface area contributed by atoms with Gasteiger partial charge < -0.3 is 54.2 Å². The molecule has 1 saturated heterocycles. The average molecular weight is 874 g/mol. The van der Waals surface area contributed by atoms with Gasteiger partial charge >= 0.3 is 30.0 Å². The minimum Gasteiger partial charge on any atom is -0.458 e. The van der Waals surface area contributed by atoms with E-state index in [1.807, 2.05) is 13.8 Å². The monoisotopic (exact) mass is 873 g/mol. The van der Waals surface area contributed by atoms with E-state index in [1.165, 1.54) is 32.9 Å². The Kier molecular flexibility index (Phi) is 13.5. The van der Waals surface area contributed by atoms with Gasteiger partial charge in [-0.15, -0.1) is 0 Å². The molecule has 5 N–H and O–H groups in total. The quantitative estimate of drug-likeness (QED) is 0.118. The van der Waals surface area contributed by atoms with Crippen molar-refractivity contribution in [2.75, 3.05) is 6.61 Å². The second-order valence-corrected chi connectivity index (χ2v) is 20.3. The summed E-state index contributed by atoms with van der Waals surface area (Å²) < 4.78 is 36.7. The van der Waals surface area contributed by atoms with E-state index in [9.17, 15) is 44.4 Å². The van der Waals surface area contributed by atoms with Crippen LogP contribution >= 0.6 is 0 Å². The minimum atomic E-state index is -1.95. The van der Waals surface area contributed by atoms with Crippen molar-refractivity contribution in [3.8, 4) is 0 Å². The van der Waals surface area contributed by atoms with Crippen LogP contribution in [-0.4, -0.2) is 123 Å². The molecule has 0 aromatic heterocycles. The maximum atomic E-state index is 14.6. The first kappa shape index (κ1) is 48.9. The number of rotatable bonds is 11. The molecule has 4 aliphatic rings. The third-order valence-electron chi connectivity index (χ3n) is 13.9. The number of hydrogen-bond acceptors (Lipinski definition) is 15. The third kappa shape index (κ3) is 8.49. The van der Waals surface area contributed by atoms with Gasteiger partial charge in [0.1, 0.15) is 30.0 Å². The fourth-order valence-corrected chi connectivity index (χ4v) is 11.3. The van der Waals surface area contributed by atoms with Crippen molar-refractivity contribution in [1.29, 1.82) is 0 Å². The molecule has 2 saturated carbocycles. The number of benzene rings is 1. The third-order valence-corrected chi connectivity index (χ3v) is 13.9. The van der Waals surface area contributed by atoms with Crippen molar-refractivity contribution in [3.05, 3.63) is 47.0 Å². The number of carbonyl (C=O) groups is 5. The lowest BCUT2D eigenvalue weighted by Crippen LogP contribution is -2.82. The Bertz CT molecular complexity index is 1920. The van der Waals surface area contributed by atoms with Crippen molar-refractivity contribution in [2.45, 2.75) is 175 Å². The van der Waals surface area contributed by atoms with Gasteiger partial charge in [-0.25, -0.2) is 14.4 Å². The predicted octanol–water partition coefficient (Wildman–Crippen LogP) is 4.32. The van der Waals surface area contributed by atoms with E-state index in [1.54, 1.807) is 66.7 Å². The summed E-state index contributed by atoms with van der Waals surface area (Å²) in [7, 11) is 0. The fourth-order valence-electron chi connectivity index (χ4n) is 11.3. The normalized spacial score (nSPS) is 33.8. The Balaban J connectivity index is 1.81. The molecule has 3 aliphatic carbocycles. The van der Waals surface area contributed by atoms with Crippen LogP contribution in [0.2, 0.25) is 0 Å². The van der Waals surface area contributed by atoms with Crippen LogP contribution < -0.4 is 5.32 Å². The molecule has 5 rings (SSSR count). The standard InChI is InChI=1S/C46H67NO15/c1-23(2)19-28(47-40(55)62-41(6,7)8)33(51)39(54)59-29-21-46(43(11,12)56)37(60-38(53)27-17-15-14-16-18-27)35-44(13,30(50)20-31-45(35,22-57-31)61-26(5)49)36(52)34(58-25(4)48)32(24(29)3)42(46,9)10/h14-18,23,28-31,33-37,50-52,56H,19-22H2,1-13H3,(H,47,55)/t28-,29-,30-,31+,33+,34-,35-,36-,37-,44+,45-,46+/m0/s1. The second-order valence-electron chi connectivity index (χ2n) is 20.3. The van der Waals surface area contributed by atoms with Crippen LogP contribution in [0.3, 0.4) is 0 Å². The highest BCUT2D eigenvalue weighted by atomic mass is 16.6. The second kappa shape index (κ2) is 17.1. The van der Waals surface area contributed by atoms with Crippen LogP contribution in [0.1, 0.15) is 120 Å². The van der Waals surface area contributed by atoms with Crippen molar-refractivity contribution < 1.29 is 72.8 Å². The summed E-state index contributed by atoms with van der Waals surface area (Å²) >= 11 is 0. The molecule has 0 radical (unpaired) electrons. The van der Waals surface area contributed by atoms with Gasteiger partial charge in [0, 0.05) is 42.9 Å². The van der Waals surface area contributed by atoms with Crippen molar-refractivity contribution in [3.63, 3.8) is 0 Å². The SMILES string of the molecule is CC(=O)O[C@H]1C2=C(C)[C@@H](OC(=O)[C@H](O)[C@H](CC(C)C)NC(=O)OC(C)(C)C)C[C@@](C(C)(C)O)([C@@H](OC(=O)c3ccccc3)[C@@H]3[C@]4(OC(C)=O)CO[C@@H]4C[C@H](O)[C@@]3(C)[C@H]1O)C2(C)C. The zero-order chi connectivity index (χ0) is 46.7. The molecule has 16 nitrogen and oxygen atoms in total. The number of aliphatic hydroxyl groups is 4. The van der Waals surface area contributed by atoms with E-state index >= 15 is 0 Å². The molecule has 62 heavy (non-hydrogen) atoms. The lowest BCUT2D eigenvalue weighted by molar-refractivity contribution is -0.368. The fraction of sp³-hybridized carbons (Fsp3) is 0.717. The molecule has 346 valence electrons. The van der Waals surface area contributed by atoms with Gasteiger partial charge in [0.25, 0.3) is 0 Å². The lowest BCUT2D eigenvalue weighted by atomic mass is 9.38. The van der Waals surface area contributed by atoms with E-state index in [4.69, 9.17) is 28.4 Å². The number of esters is 4. The van der Waals surface area contributed by atoms with Crippen LogP contribution in [0.25, 0.3) is 0 Å².